The van der Waals surface area contributed by atoms with Crippen molar-refractivity contribution in [1.82, 2.24) is 19.7 Å². The predicted molar refractivity (Wildman–Crippen MR) is 67.2 cm³/mol. The van der Waals surface area contributed by atoms with Crippen LogP contribution in [0.1, 0.15) is 17.1 Å². The summed E-state index contributed by atoms with van der Waals surface area (Å²) in [5.41, 5.74) is -0.989. The molecule has 0 aliphatic rings. The standard InChI is InChI=1S/C12H11F3N6/c1-21-7-18-10(20-21)4-5-17-11-8(6-16)2-3-9(19-11)12(13,14)15/h2-3,7H,4-5H2,1H3,(H,17,19). The van der Waals surface area contributed by atoms with Gasteiger partial charge in [0.15, 0.2) is 5.82 Å². The summed E-state index contributed by atoms with van der Waals surface area (Å²) < 4.78 is 39.3. The molecule has 2 heterocycles. The van der Waals surface area contributed by atoms with E-state index in [2.05, 4.69) is 20.4 Å². The Morgan fingerprint density at radius 2 is 2.14 bits per heavy atom. The Kier molecular flexibility index (Phi) is 4.07. The molecule has 0 aromatic carbocycles. The molecule has 0 aliphatic carbocycles. The average Bonchev–Trinajstić information content (AvgIpc) is 2.83. The van der Waals surface area contributed by atoms with Crippen LogP contribution in [0.3, 0.4) is 0 Å². The van der Waals surface area contributed by atoms with Crippen LogP contribution < -0.4 is 5.32 Å². The van der Waals surface area contributed by atoms with Crippen LogP contribution in [0.15, 0.2) is 18.5 Å². The smallest absolute Gasteiger partial charge is 0.369 e. The first kappa shape index (κ1) is 14.8. The molecule has 0 saturated heterocycles. The van der Waals surface area contributed by atoms with E-state index < -0.39 is 11.9 Å². The summed E-state index contributed by atoms with van der Waals surface area (Å²) in [5.74, 6) is 0.457. The number of anilines is 1. The maximum atomic E-state index is 12.6. The Hall–Kier alpha value is -2.63. The lowest BCUT2D eigenvalue weighted by Crippen LogP contribution is -2.13. The van der Waals surface area contributed by atoms with Crippen LogP contribution in [0.2, 0.25) is 0 Å². The van der Waals surface area contributed by atoms with Gasteiger partial charge in [0.2, 0.25) is 0 Å². The average molecular weight is 296 g/mol. The molecule has 0 atom stereocenters. The summed E-state index contributed by atoms with van der Waals surface area (Å²) in [6.45, 7) is 0.271. The Labute approximate surface area is 118 Å². The fourth-order valence-electron chi connectivity index (χ4n) is 1.63. The Bertz CT molecular complexity index is 670. The zero-order valence-corrected chi connectivity index (χ0v) is 11.0. The van der Waals surface area contributed by atoms with E-state index in [0.29, 0.717) is 12.2 Å². The minimum atomic E-state index is -4.55. The third-order valence-electron chi connectivity index (χ3n) is 2.59. The van der Waals surface area contributed by atoms with E-state index in [9.17, 15) is 13.2 Å². The summed E-state index contributed by atoms with van der Waals surface area (Å²) in [7, 11) is 1.71. The number of halogens is 3. The minimum Gasteiger partial charge on any atom is -0.369 e. The molecule has 2 aromatic rings. The largest absolute Gasteiger partial charge is 0.433 e. The SMILES string of the molecule is Cn1cnc(CCNc2nc(C(F)(F)F)ccc2C#N)n1. The summed E-state index contributed by atoms with van der Waals surface area (Å²) >= 11 is 0. The van der Waals surface area contributed by atoms with Gasteiger partial charge in [0, 0.05) is 20.0 Å². The highest BCUT2D eigenvalue weighted by Gasteiger charge is 2.33. The first-order valence-electron chi connectivity index (χ1n) is 5.97. The molecule has 110 valence electrons. The van der Waals surface area contributed by atoms with Gasteiger partial charge in [-0.15, -0.1) is 0 Å². The van der Waals surface area contributed by atoms with Crippen molar-refractivity contribution in [3.63, 3.8) is 0 Å². The van der Waals surface area contributed by atoms with Crippen molar-refractivity contribution in [1.29, 1.82) is 5.26 Å². The first-order chi connectivity index (χ1) is 9.90. The second kappa shape index (κ2) is 5.78. The van der Waals surface area contributed by atoms with Gasteiger partial charge in [-0.3, -0.25) is 4.68 Å². The van der Waals surface area contributed by atoms with Crippen LogP contribution in [-0.4, -0.2) is 26.3 Å². The molecule has 0 fully saturated rings. The van der Waals surface area contributed by atoms with Crippen LogP contribution in [0.25, 0.3) is 0 Å². The van der Waals surface area contributed by atoms with E-state index >= 15 is 0 Å². The fourth-order valence-corrected chi connectivity index (χ4v) is 1.63. The van der Waals surface area contributed by atoms with Gasteiger partial charge in [0.1, 0.15) is 23.9 Å². The molecule has 21 heavy (non-hydrogen) atoms. The van der Waals surface area contributed by atoms with Crippen molar-refractivity contribution in [3.05, 3.63) is 35.5 Å². The first-order valence-corrected chi connectivity index (χ1v) is 5.97. The summed E-state index contributed by atoms with van der Waals surface area (Å²) in [4.78, 5) is 7.44. The number of alkyl halides is 3. The molecule has 2 rings (SSSR count). The maximum absolute atomic E-state index is 12.6. The van der Waals surface area contributed by atoms with Crippen LogP contribution >= 0.6 is 0 Å². The van der Waals surface area contributed by atoms with Crippen molar-refractivity contribution < 1.29 is 13.2 Å². The highest BCUT2D eigenvalue weighted by Crippen LogP contribution is 2.29. The zero-order chi connectivity index (χ0) is 15.5. The van der Waals surface area contributed by atoms with Crippen molar-refractivity contribution >= 4 is 5.82 Å². The van der Waals surface area contributed by atoms with E-state index in [1.807, 2.05) is 0 Å². The van der Waals surface area contributed by atoms with Crippen molar-refractivity contribution in [3.8, 4) is 6.07 Å². The third kappa shape index (κ3) is 3.68. The molecular formula is C12H11F3N6. The van der Waals surface area contributed by atoms with E-state index in [1.54, 1.807) is 13.1 Å². The molecule has 2 aromatic heterocycles. The Morgan fingerprint density at radius 1 is 1.38 bits per heavy atom. The summed E-state index contributed by atoms with van der Waals surface area (Å²) in [6.07, 6.45) is -2.62. The molecule has 0 saturated carbocycles. The van der Waals surface area contributed by atoms with E-state index in [0.717, 1.165) is 12.1 Å². The van der Waals surface area contributed by atoms with E-state index in [1.165, 1.54) is 11.0 Å². The molecular weight excluding hydrogens is 285 g/mol. The number of nitriles is 1. The minimum absolute atomic E-state index is 0.0528. The number of rotatable bonds is 4. The van der Waals surface area contributed by atoms with Gasteiger partial charge >= 0.3 is 6.18 Å². The lowest BCUT2D eigenvalue weighted by molar-refractivity contribution is -0.141. The Balaban J connectivity index is 2.09. The van der Waals surface area contributed by atoms with E-state index in [-0.39, 0.29) is 17.9 Å². The summed E-state index contributed by atoms with van der Waals surface area (Å²) in [6, 6.07) is 3.68. The van der Waals surface area contributed by atoms with Gasteiger partial charge in [-0.25, -0.2) is 9.97 Å². The fraction of sp³-hybridized carbons (Fsp3) is 0.333. The lowest BCUT2D eigenvalue weighted by atomic mass is 10.2. The van der Waals surface area contributed by atoms with Crippen LogP contribution in [0, 0.1) is 11.3 Å². The van der Waals surface area contributed by atoms with Gasteiger partial charge in [0.05, 0.1) is 5.56 Å². The highest BCUT2D eigenvalue weighted by molar-refractivity contribution is 5.52. The Morgan fingerprint density at radius 3 is 2.71 bits per heavy atom. The molecule has 1 N–H and O–H groups in total. The van der Waals surface area contributed by atoms with Crippen LogP contribution in [0.4, 0.5) is 19.0 Å². The van der Waals surface area contributed by atoms with Crippen LogP contribution in [0.5, 0.6) is 0 Å². The van der Waals surface area contributed by atoms with Crippen molar-refractivity contribution in [2.24, 2.45) is 7.05 Å². The van der Waals surface area contributed by atoms with Crippen LogP contribution in [-0.2, 0) is 19.6 Å². The van der Waals surface area contributed by atoms with Crippen molar-refractivity contribution in [2.45, 2.75) is 12.6 Å². The number of hydrogen-bond acceptors (Lipinski definition) is 5. The van der Waals surface area contributed by atoms with E-state index in [4.69, 9.17) is 5.26 Å². The number of pyridine rings is 1. The molecule has 0 bridgehead atoms. The topological polar surface area (TPSA) is 79.4 Å². The quantitative estimate of drug-likeness (QED) is 0.930. The number of aromatic nitrogens is 4. The molecule has 0 aliphatic heterocycles. The van der Waals surface area contributed by atoms with Gasteiger partial charge in [-0.2, -0.15) is 23.5 Å². The lowest BCUT2D eigenvalue weighted by Gasteiger charge is -2.10. The normalized spacial score (nSPS) is 11.2. The van der Waals surface area contributed by atoms with Crippen molar-refractivity contribution in [2.75, 3.05) is 11.9 Å². The molecule has 0 spiro atoms. The third-order valence-corrected chi connectivity index (χ3v) is 2.59. The predicted octanol–water partition coefficient (Wildman–Crippen LogP) is 1.76. The second-order valence-corrected chi connectivity index (χ2v) is 4.21. The molecule has 0 amide bonds. The highest BCUT2D eigenvalue weighted by atomic mass is 19.4. The van der Waals surface area contributed by atoms with Gasteiger partial charge in [0.25, 0.3) is 0 Å². The van der Waals surface area contributed by atoms with Gasteiger partial charge in [-0.1, -0.05) is 0 Å². The summed E-state index contributed by atoms with van der Waals surface area (Å²) in [5, 5.41) is 15.6. The number of aryl methyl sites for hydroxylation is 1. The molecule has 6 nitrogen and oxygen atoms in total. The molecule has 0 radical (unpaired) electrons. The molecule has 9 heteroatoms. The number of hydrogen-bond donors (Lipinski definition) is 1. The van der Waals surface area contributed by atoms with Gasteiger partial charge in [-0.05, 0) is 12.1 Å². The maximum Gasteiger partial charge on any atom is 0.433 e. The number of nitrogens with one attached hydrogen (secondary N) is 1. The number of nitrogens with zero attached hydrogens (tertiary/aromatic N) is 5. The second-order valence-electron chi connectivity index (χ2n) is 4.21. The monoisotopic (exact) mass is 296 g/mol. The zero-order valence-electron chi connectivity index (χ0n) is 11.0. The van der Waals surface area contributed by atoms with Gasteiger partial charge < -0.3 is 5.32 Å². The molecule has 0 unspecified atom stereocenters.